The molecule has 1 N–H and O–H groups in total. The summed E-state index contributed by atoms with van der Waals surface area (Å²) in [6, 6.07) is 0. The maximum Gasteiger partial charge on any atom is 0.223 e. The lowest BCUT2D eigenvalue weighted by Crippen LogP contribution is -2.40. The summed E-state index contributed by atoms with van der Waals surface area (Å²) in [7, 11) is 0. The third kappa shape index (κ3) is 7.70. The average Bonchev–Trinajstić information content (AvgIpc) is 2.29. The fourth-order valence-corrected chi connectivity index (χ4v) is 1.97. The smallest absolute Gasteiger partial charge is 0.223 e. The van der Waals surface area contributed by atoms with E-state index in [0.29, 0.717) is 12.3 Å². The predicted molar refractivity (Wildman–Crippen MR) is 78.7 cm³/mol. The number of rotatable bonds is 8. The first kappa shape index (κ1) is 17.4. The Hall–Kier alpha value is -0.570. The molecule has 0 aromatic carbocycles. The summed E-state index contributed by atoms with van der Waals surface area (Å²) in [5.41, 5.74) is 0.0900. The predicted octanol–water partition coefficient (Wildman–Crippen LogP) is 3.05. The molecule has 0 fully saturated rings. The zero-order chi connectivity index (χ0) is 14.2. The second kappa shape index (κ2) is 8.52. The molecule has 108 valence electrons. The van der Waals surface area contributed by atoms with E-state index in [1.807, 2.05) is 4.90 Å². The molecule has 0 spiro atoms. The van der Waals surface area contributed by atoms with Crippen molar-refractivity contribution in [3.63, 3.8) is 0 Å². The molecule has 0 saturated heterocycles. The highest BCUT2D eigenvalue weighted by molar-refractivity contribution is 5.76. The standard InChI is InChI=1S/C15H32N2O/c1-7-13(8-2)12-17(9-3)14(18)10-11-16-15(4,5)6/h13,16H,7-12H2,1-6H3. The van der Waals surface area contributed by atoms with Crippen LogP contribution in [-0.2, 0) is 4.79 Å². The van der Waals surface area contributed by atoms with Crippen LogP contribution in [0.2, 0.25) is 0 Å². The first-order chi connectivity index (χ1) is 8.34. The molecule has 0 aliphatic carbocycles. The molecule has 0 aromatic rings. The summed E-state index contributed by atoms with van der Waals surface area (Å²) in [5, 5.41) is 3.37. The lowest BCUT2D eigenvalue weighted by molar-refractivity contribution is -0.131. The molecule has 0 saturated carbocycles. The van der Waals surface area contributed by atoms with Crippen LogP contribution in [0.3, 0.4) is 0 Å². The number of nitrogens with one attached hydrogen (secondary N) is 1. The molecule has 1 amide bonds. The lowest BCUT2D eigenvalue weighted by Gasteiger charge is -2.26. The summed E-state index contributed by atoms with van der Waals surface area (Å²) < 4.78 is 0. The number of hydrogen-bond donors (Lipinski definition) is 1. The number of nitrogens with zero attached hydrogens (tertiary/aromatic N) is 1. The van der Waals surface area contributed by atoms with Crippen LogP contribution in [-0.4, -0.2) is 36.0 Å². The fraction of sp³-hybridized carbons (Fsp3) is 0.933. The highest BCUT2D eigenvalue weighted by Gasteiger charge is 2.16. The molecule has 3 heteroatoms. The van der Waals surface area contributed by atoms with Crippen LogP contribution in [0.1, 0.15) is 60.8 Å². The van der Waals surface area contributed by atoms with E-state index in [1.165, 1.54) is 0 Å². The SMILES string of the molecule is CCC(CC)CN(CC)C(=O)CCNC(C)(C)C. The van der Waals surface area contributed by atoms with Gasteiger partial charge in [-0.2, -0.15) is 0 Å². The molecule has 0 aliphatic heterocycles. The Kier molecular flexibility index (Phi) is 8.25. The molecular weight excluding hydrogens is 224 g/mol. The van der Waals surface area contributed by atoms with Gasteiger partial charge in [-0.1, -0.05) is 26.7 Å². The van der Waals surface area contributed by atoms with Gasteiger partial charge >= 0.3 is 0 Å². The maximum atomic E-state index is 12.1. The van der Waals surface area contributed by atoms with Crippen molar-refractivity contribution < 1.29 is 4.79 Å². The molecule has 0 heterocycles. The molecule has 3 nitrogen and oxygen atoms in total. The van der Waals surface area contributed by atoms with Gasteiger partial charge in [0.15, 0.2) is 0 Å². The Balaban J connectivity index is 4.11. The van der Waals surface area contributed by atoms with Gasteiger partial charge in [0.05, 0.1) is 0 Å². The molecule has 0 rings (SSSR count). The van der Waals surface area contributed by atoms with Crippen LogP contribution in [0.5, 0.6) is 0 Å². The molecular formula is C15H32N2O. The molecule has 18 heavy (non-hydrogen) atoms. The van der Waals surface area contributed by atoms with E-state index < -0.39 is 0 Å². The van der Waals surface area contributed by atoms with Crippen molar-refractivity contribution in [3.05, 3.63) is 0 Å². The Morgan fingerprint density at radius 3 is 2.11 bits per heavy atom. The van der Waals surface area contributed by atoms with E-state index >= 15 is 0 Å². The number of carbonyl (C=O) groups excluding carboxylic acids is 1. The lowest BCUT2D eigenvalue weighted by atomic mass is 10.0. The molecule has 0 atom stereocenters. The van der Waals surface area contributed by atoms with Gasteiger partial charge in [-0.3, -0.25) is 4.79 Å². The van der Waals surface area contributed by atoms with Crippen molar-refractivity contribution in [3.8, 4) is 0 Å². The minimum Gasteiger partial charge on any atom is -0.343 e. The Labute approximate surface area is 113 Å². The monoisotopic (exact) mass is 256 g/mol. The van der Waals surface area contributed by atoms with Gasteiger partial charge in [0.1, 0.15) is 0 Å². The zero-order valence-corrected chi connectivity index (χ0v) is 13.2. The van der Waals surface area contributed by atoms with E-state index in [0.717, 1.165) is 32.5 Å². The van der Waals surface area contributed by atoms with Crippen LogP contribution >= 0.6 is 0 Å². The van der Waals surface area contributed by atoms with Gasteiger partial charge in [0, 0.05) is 31.6 Å². The summed E-state index contributed by atoms with van der Waals surface area (Å²) in [4.78, 5) is 14.1. The number of amides is 1. The van der Waals surface area contributed by atoms with E-state index in [4.69, 9.17) is 0 Å². The molecule has 0 aromatic heterocycles. The topological polar surface area (TPSA) is 32.3 Å². The second-order valence-electron chi connectivity index (χ2n) is 6.04. The van der Waals surface area contributed by atoms with Gasteiger partial charge in [0.2, 0.25) is 5.91 Å². The minimum absolute atomic E-state index is 0.0900. The fourth-order valence-electron chi connectivity index (χ4n) is 1.97. The van der Waals surface area contributed by atoms with Crippen LogP contribution in [0.4, 0.5) is 0 Å². The van der Waals surface area contributed by atoms with Gasteiger partial charge in [-0.25, -0.2) is 0 Å². The summed E-state index contributed by atoms with van der Waals surface area (Å²) in [6.45, 7) is 15.3. The molecule has 0 unspecified atom stereocenters. The molecule has 0 aliphatic rings. The van der Waals surface area contributed by atoms with Crippen LogP contribution in [0, 0.1) is 5.92 Å². The van der Waals surface area contributed by atoms with Crippen LogP contribution in [0.25, 0.3) is 0 Å². The quantitative estimate of drug-likeness (QED) is 0.724. The van der Waals surface area contributed by atoms with Gasteiger partial charge in [-0.15, -0.1) is 0 Å². The van der Waals surface area contributed by atoms with Crippen molar-refractivity contribution >= 4 is 5.91 Å². The zero-order valence-electron chi connectivity index (χ0n) is 13.2. The third-order valence-electron chi connectivity index (χ3n) is 3.36. The van der Waals surface area contributed by atoms with Crippen molar-refractivity contribution in [2.45, 2.75) is 66.3 Å². The normalized spacial score (nSPS) is 11.9. The minimum atomic E-state index is 0.0900. The van der Waals surface area contributed by atoms with Crippen LogP contribution in [0.15, 0.2) is 0 Å². The number of carbonyl (C=O) groups is 1. The van der Waals surface area contributed by atoms with E-state index in [-0.39, 0.29) is 11.4 Å². The van der Waals surface area contributed by atoms with Crippen molar-refractivity contribution in [2.24, 2.45) is 5.92 Å². The van der Waals surface area contributed by atoms with Gasteiger partial charge < -0.3 is 10.2 Å². The molecule has 0 bridgehead atoms. The van der Waals surface area contributed by atoms with Crippen molar-refractivity contribution in [1.82, 2.24) is 10.2 Å². The summed E-state index contributed by atoms with van der Waals surface area (Å²) >= 11 is 0. The maximum absolute atomic E-state index is 12.1. The van der Waals surface area contributed by atoms with Crippen molar-refractivity contribution in [2.75, 3.05) is 19.6 Å². The van der Waals surface area contributed by atoms with E-state index in [1.54, 1.807) is 0 Å². The average molecular weight is 256 g/mol. The van der Waals surface area contributed by atoms with E-state index in [2.05, 4.69) is 46.9 Å². The Bertz CT molecular complexity index is 229. The summed E-state index contributed by atoms with van der Waals surface area (Å²) in [6.07, 6.45) is 2.91. The summed E-state index contributed by atoms with van der Waals surface area (Å²) in [5.74, 6) is 0.922. The first-order valence-electron chi connectivity index (χ1n) is 7.36. The number of hydrogen-bond acceptors (Lipinski definition) is 2. The third-order valence-corrected chi connectivity index (χ3v) is 3.36. The van der Waals surface area contributed by atoms with Gasteiger partial charge in [-0.05, 0) is 33.6 Å². The first-order valence-corrected chi connectivity index (χ1v) is 7.36. The Morgan fingerprint density at radius 2 is 1.72 bits per heavy atom. The Morgan fingerprint density at radius 1 is 1.17 bits per heavy atom. The van der Waals surface area contributed by atoms with E-state index in [9.17, 15) is 4.79 Å². The molecule has 0 radical (unpaired) electrons. The largest absolute Gasteiger partial charge is 0.343 e. The second-order valence-corrected chi connectivity index (χ2v) is 6.04. The van der Waals surface area contributed by atoms with Crippen molar-refractivity contribution in [1.29, 1.82) is 0 Å². The highest BCUT2D eigenvalue weighted by atomic mass is 16.2. The highest BCUT2D eigenvalue weighted by Crippen LogP contribution is 2.10. The van der Waals surface area contributed by atoms with Gasteiger partial charge in [0.25, 0.3) is 0 Å². The van der Waals surface area contributed by atoms with Crippen LogP contribution < -0.4 is 5.32 Å².